The maximum absolute atomic E-state index is 13.6. The predicted octanol–water partition coefficient (Wildman–Crippen LogP) is 4.86. The Hall–Kier alpha value is -5.18. The van der Waals surface area contributed by atoms with E-state index < -0.39 is 18.2 Å². The summed E-state index contributed by atoms with van der Waals surface area (Å²) in [4.78, 5) is 16.8. The lowest BCUT2D eigenvalue weighted by Gasteiger charge is -2.27. The van der Waals surface area contributed by atoms with Crippen LogP contribution in [-0.2, 0) is 17.6 Å². The van der Waals surface area contributed by atoms with E-state index in [-0.39, 0.29) is 42.7 Å². The summed E-state index contributed by atoms with van der Waals surface area (Å²) in [6, 6.07) is 15.9. The van der Waals surface area contributed by atoms with E-state index in [9.17, 15) is 25.2 Å². The van der Waals surface area contributed by atoms with Crippen LogP contribution >= 0.6 is 0 Å². The largest absolute Gasteiger partial charge is 0.875 e. The zero-order valence-electron chi connectivity index (χ0n) is 29.8. The number of aliphatic hydroxyl groups excluding tert-OH is 2. The molecular formula is C43H48N3O7-. The molecule has 0 bridgehead atoms. The number of carbonyl (C=O) groups is 1. The number of ether oxygens (including phenoxy) is 1. The van der Waals surface area contributed by atoms with E-state index in [0.29, 0.717) is 65.8 Å². The van der Waals surface area contributed by atoms with Gasteiger partial charge in [0, 0.05) is 36.1 Å². The number of aliphatic imine (C=N–C) groups is 1. The van der Waals surface area contributed by atoms with Gasteiger partial charge in [0.25, 0.3) is 0 Å². The maximum atomic E-state index is 13.6. The van der Waals surface area contributed by atoms with Crippen LogP contribution in [0.5, 0.6) is 17.2 Å². The van der Waals surface area contributed by atoms with E-state index in [1.54, 1.807) is 48.7 Å². The van der Waals surface area contributed by atoms with Gasteiger partial charge in [0.05, 0.1) is 37.6 Å². The second-order valence-corrected chi connectivity index (χ2v) is 13.5. The van der Waals surface area contributed by atoms with Crippen molar-refractivity contribution in [2.24, 2.45) is 16.5 Å². The number of nitrogens with zero attached hydrogens (tertiary/aromatic N) is 1. The lowest BCUT2D eigenvalue weighted by molar-refractivity contribution is -0.307. The molecule has 10 heteroatoms. The predicted molar refractivity (Wildman–Crippen MR) is 203 cm³/mol. The molecule has 2 aliphatic rings. The Balaban J connectivity index is 1.23. The highest BCUT2D eigenvalue weighted by atomic mass is 16.5. The highest BCUT2D eigenvalue weighted by Gasteiger charge is 2.24. The van der Waals surface area contributed by atoms with Gasteiger partial charge < -0.3 is 41.7 Å². The van der Waals surface area contributed by atoms with Crippen LogP contribution in [0.25, 0.3) is 0 Å². The second kappa shape index (κ2) is 19.1. The van der Waals surface area contributed by atoms with E-state index in [2.05, 4.69) is 16.8 Å². The van der Waals surface area contributed by atoms with Crippen molar-refractivity contribution in [2.45, 2.75) is 82.4 Å². The molecule has 2 unspecified atom stereocenters. The fourth-order valence-electron chi connectivity index (χ4n) is 6.48. The number of rotatable bonds is 17. The number of hydrogen-bond acceptors (Lipinski definition) is 10. The van der Waals surface area contributed by atoms with Crippen LogP contribution in [-0.4, -0.2) is 51.2 Å². The molecule has 0 aromatic heterocycles. The third kappa shape index (κ3) is 10.9. The summed E-state index contributed by atoms with van der Waals surface area (Å²) in [5.41, 5.74) is 17.6. The number of carbonyl (C=O) groups excluding carboxylic acids is 1. The van der Waals surface area contributed by atoms with E-state index in [0.717, 1.165) is 42.4 Å². The molecule has 0 radical (unpaired) electrons. The normalized spacial score (nSPS) is 15.9. The maximum Gasteiger partial charge on any atom is 0.161 e. The first kappa shape index (κ1) is 39.0. The first-order valence-electron chi connectivity index (χ1n) is 18.1. The number of aliphatic hydroxyl groups is 2. The molecule has 0 saturated carbocycles. The van der Waals surface area contributed by atoms with Crippen LogP contribution in [0.15, 0.2) is 95.3 Å². The quantitative estimate of drug-likeness (QED) is 0.0489. The number of benzene rings is 3. The van der Waals surface area contributed by atoms with Gasteiger partial charge in [0.1, 0.15) is 5.75 Å². The monoisotopic (exact) mass is 718 g/mol. The van der Waals surface area contributed by atoms with Gasteiger partial charge in [-0.05, 0) is 96.3 Å². The molecule has 0 spiro atoms. The average molecular weight is 719 g/mol. The Morgan fingerprint density at radius 3 is 2.58 bits per heavy atom. The van der Waals surface area contributed by atoms with Crippen LogP contribution in [0.3, 0.4) is 0 Å². The molecule has 5 rings (SSSR count). The number of hydrogen-bond donors (Lipinski definition) is 6. The van der Waals surface area contributed by atoms with Crippen LogP contribution in [0, 0.1) is 11.8 Å². The molecule has 1 heterocycles. The number of phenols is 2. The molecule has 0 saturated heterocycles. The fraction of sp³-hybridized carbons (Fsp3) is 0.349. The summed E-state index contributed by atoms with van der Waals surface area (Å²) in [6.45, 7) is 0.0138. The van der Waals surface area contributed by atoms with Gasteiger partial charge in [0.15, 0.2) is 17.3 Å². The van der Waals surface area contributed by atoms with Gasteiger partial charge >= 0.3 is 0 Å². The number of fused-ring (bicyclic) bond motifs is 2. The Bertz CT molecular complexity index is 1950. The van der Waals surface area contributed by atoms with Crippen molar-refractivity contribution in [1.29, 1.82) is 0 Å². The van der Waals surface area contributed by atoms with Crippen molar-refractivity contribution in [2.75, 3.05) is 13.2 Å². The average Bonchev–Trinajstić information content (AvgIpc) is 3.63. The summed E-state index contributed by atoms with van der Waals surface area (Å²) in [5, 5.41) is 53.6. The number of nitrogens with two attached hydrogens (primary N) is 2. The van der Waals surface area contributed by atoms with Gasteiger partial charge in [0.2, 0.25) is 0 Å². The van der Waals surface area contributed by atoms with Crippen LogP contribution in [0.2, 0.25) is 0 Å². The lowest BCUT2D eigenvalue weighted by Crippen LogP contribution is -2.21. The molecular weight excluding hydrogens is 670 g/mol. The van der Waals surface area contributed by atoms with Crippen LogP contribution < -0.4 is 21.3 Å². The lowest BCUT2D eigenvalue weighted by atomic mass is 9.82. The minimum absolute atomic E-state index is 0.00598. The van der Waals surface area contributed by atoms with Crippen molar-refractivity contribution in [3.63, 3.8) is 0 Å². The molecule has 0 amide bonds. The van der Waals surface area contributed by atoms with Gasteiger partial charge in [-0.25, -0.2) is 0 Å². The highest BCUT2D eigenvalue weighted by molar-refractivity contribution is 6.06. The van der Waals surface area contributed by atoms with Crippen molar-refractivity contribution in [1.82, 2.24) is 0 Å². The highest BCUT2D eigenvalue weighted by Crippen LogP contribution is 2.39. The van der Waals surface area contributed by atoms with E-state index in [1.165, 1.54) is 0 Å². The van der Waals surface area contributed by atoms with Gasteiger partial charge in [-0.3, -0.25) is 9.79 Å². The first-order chi connectivity index (χ1) is 25.6. The van der Waals surface area contributed by atoms with Gasteiger partial charge in [-0.1, -0.05) is 61.1 Å². The molecule has 10 nitrogen and oxygen atoms in total. The second-order valence-electron chi connectivity index (χ2n) is 13.5. The third-order valence-electron chi connectivity index (χ3n) is 9.51. The Morgan fingerprint density at radius 1 is 1.00 bits per heavy atom. The van der Waals surface area contributed by atoms with Crippen molar-refractivity contribution in [3.8, 4) is 29.1 Å². The summed E-state index contributed by atoms with van der Waals surface area (Å²) in [6.07, 6.45) is 11.2. The summed E-state index contributed by atoms with van der Waals surface area (Å²) >= 11 is 0. The molecule has 0 fully saturated rings. The number of unbranched alkanes of at least 4 members (excludes halogenated alkanes) is 3. The van der Waals surface area contributed by atoms with E-state index >= 15 is 0 Å². The number of ketones is 1. The van der Waals surface area contributed by atoms with Crippen molar-refractivity contribution >= 4 is 11.5 Å². The SMILES string of the molecule is NC(N)c1ccc2c(c1)C#CCC1=NC=CC1=C([O-])CC2c1cc(CCOc2cc(CCC(=O)C=CCCCCCC(O)CO)ccc2O)ccc1O. The molecule has 3 aromatic rings. The smallest absolute Gasteiger partial charge is 0.161 e. The molecule has 3 aromatic carbocycles. The van der Waals surface area contributed by atoms with Gasteiger partial charge in [-0.15, -0.1) is 5.76 Å². The van der Waals surface area contributed by atoms with E-state index in [1.807, 2.05) is 30.3 Å². The summed E-state index contributed by atoms with van der Waals surface area (Å²) in [7, 11) is 0. The van der Waals surface area contributed by atoms with E-state index in [4.69, 9.17) is 21.3 Å². The van der Waals surface area contributed by atoms with Crippen LogP contribution in [0.4, 0.5) is 0 Å². The number of aryl methyl sites for hydroxylation is 1. The molecule has 1 aliphatic heterocycles. The molecule has 53 heavy (non-hydrogen) atoms. The third-order valence-corrected chi connectivity index (χ3v) is 9.51. The Morgan fingerprint density at radius 2 is 1.79 bits per heavy atom. The number of aromatic hydroxyl groups is 2. The molecule has 2 atom stereocenters. The number of phenolic OH excluding ortho intramolecular Hbond substituents is 2. The minimum Gasteiger partial charge on any atom is -0.875 e. The van der Waals surface area contributed by atoms with Crippen molar-refractivity contribution in [3.05, 3.63) is 124 Å². The topological polar surface area (TPSA) is 195 Å². The first-order valence-corrected chi connectivity index (χ1v) is 18.1. The van der Waals surface area contributed by atoms with Crippen molar-refractivity contribution < 1.29 is 35.1 Å². The Kier molecular flexibility index (Phi) is 14.0. The summed E-state index contributed by atoms with van der Waals surface area (Å²) in [5.74, 6) is 6.14. The zero-order chi connectivity index (χ0) is 37.7. The Labute approximate surface area is 310 Å². The van der Waals surface area contributed by atoms with Gasteiger partial charge in [-0.2, -0.15) is 0 Å². The zero-order valence-corrected chi connectivity index (χ0v) is 29.8. The minimum atomic E-state index is -0.699. The van der Waals surface area contributed by atoms with Crippen LogP contribution in [0.1, 0.15) is 96.8 Å². The molecule has 1 aliphatic carbocycles. The standard InChI is InChI=1S/C43H49N3O7/c44-43(45)31-14-16-34-30(25-31)7-6-10-38-35(19-21-46-38)41(52)26-36(34)37-23-29(12-17-39(37)50)20-22-53-42-24-28(13-18-40(42)51)11-15-32(48)8-4-2-1-3-5-9-33(49)27-47/h4,8,12-14,16-19,21,23-25,33,36,43,47,49-52H,1-3,5,9-11,15,20,22,26-27,44-45H2/p-1. The molecule has 8 N–H and O–H groups in total. The fourth-order valence-corrected chi connectivity index (χ4v) is 6.48. The molecule has 278 valence electrons. The summed E-state index contributed by atoms with van der Waals surface area (Å²) < 4.78 is 6.00. The number of allylic oxidation sites excluding steroid dienone is 5.